The maximum Gasteiger partial charge on any atom is 0.235 e. The average molecular weight is 375 g/mol. The van der Waals surface area contributed by atoms with Gasteiger partial charge in [-0.15, -0.1) is 0 Å². The first kappa shape index (κ1) is 18.5. The van der Waals surface area contributed by atoms with E-state index in [0.717, 1.165) is 31.5 Å². The lowest BCUT2D eigenvalue weighted by Gasteiger charge is -2.37. The minimum atomic E-state index is -0.413. The van der Waals surface area contributed by atoms with E-state index in [1.807, 2.05) is 30.3 Å². The quantitative estimate of drug-likeness (QED) is 0.583. The Bertz CT molecular complexity index is 913. The molecule has 1 aromatic rings. The van der Waals surface area contributed by atoms with E-state index in [9.17, 15) is 10.1 Å². The van der Waals surface area contributed by atoms with Crippen molar-refractivity contribution in [1.29, 1.82) is 5.26 Å². The predicted molar refractivity (Wildman–Crippen MR) is 107 cm³/mol. The number of hydrogen-bond acceptors (Lipinski definition) is 4. The number of ether oxygens (including phenoxy) is 1. The van der Waals surface area contributed by atoms with Crippen LogP contribution in [0.1, 0.15) is 51.0 Å². The van der Waals surface area contributed by atoms with Crippen molar-refractivity contribution in [3.63, 3.8) is 0 Å². The minimum absolute atomic E-state index is 0.0652. The predicted octanol–water partition coefficient (Wildman–Crippen LogP) is 4.30. The van der Waals surface area contributed by atoms with E-state index >= 15 is 0 Å². The van der Waals surface area contributed by atoms with Gasteiger partial charge in [-0.1, -0.05) is 44.2 Å². The molecule has 0 amide bonds. The molecule has 0 spiro atoms. The molecule has 1 fully saturated rings. The highest BCUT2D eigenvalue weighted by atomic mass is 16.5. The molecule has 1 atom stereocenters. The highest BCUT2D eigenvalue weighted by molar-refractivity contribution is 6.00. The fourth-order valence-electron chi connectivity index (χ4n) is 4.31. The summed E-state index contributed by atoms with van der Waals surface area (Å²) in [5.41, 5.74) is 1.80. The first-order chi connectivity index (χ1) is 13.5. The van der Waals surface area contributed by atoms with Crippen molar-refractivity contribution in [2.24, 2.45) is 10.4 Å². The monoisotopic (exact) mass is 375 g/mol. The van der Waals surface area contributed by atoms with Crippen molar-refractivity contribution in [3.8, 4) is 6.07 Å². The van der Waals surface area contributed by atoms with Crippen LogP contribution in [0.5, 0.6) is 0 Å². The Balaban J connectivity index is 1.80. The summed E-state index contributed by atoms with van der Waals surface area (Å²) in [5, 5.41) is 9.96. The van der Waals surface area contributed by atoms with Gasteiger partial charge in [-0.25, -0.2) is 4.99 Å². The van der Waals surface area contributed by atoms with Crippen LogP contribution in [-0.2, 0) is 9.53 Å². The molecule has 1 aliphatic carbocycles. The third-order valence-electron chi connectivity index (χ3n) is 5.64. The van der Waals surface area contributed by atoms with Gasteiger partial charge in [0.1, 0.15) is 17.4 Å². The van der Waals surface area contributed by atoms with Gasteiger partial charge in [-0.05, 0) is 23.8 Å². The number of nitriles is 1. The van der Waals surface area contributed by atoms with Crippen LogP contribution in [0, 0.1) is 16.7 Å². The van der Waals surface area contributed by atoms with E-state index < -0.39 is 5.92 Å². The molecular formula is C23H25N3O2. The normalized spacial score (nSPS) is 24.4. The van der Waals surface area contributed by atoms with Gasteiger partial charge in [0.25, 0.3) is 0 Å². The summed E-state index contributed by atoms with van der Waals surface area (Å²) in [7, 11) is 0. The van der Waals surface area contributed by atoms with Gasteiger partial charge in [0.05, 0.1) is 12.3 Å². The number of hydrogen-bond donors (Lipinski definition) is 0. The van der Waals surface area contributed by atoms with Crippen molar-refractivity contribution < 1.29 is 9.53 Å². The first-order valence-corrected chi connectivity index (χ1v) is 9.90. The van der Waals surface area contributed by atoms with Gasteiger partial charge < -0.3 is 9.64 Å². The standard InChI is InChI=1S/C23H25N3O2/c1-23(2)12-18(27)21-19(13-23)28-22(25-15-26-10-6-7-11-26)17(14-24)20(21)16-8-4-3-5-9-16/h3-5,8-9,15,20H,6-7,10-13H2,1-2H3/b25-15+. The molecule has 5 heteroatoms. The molecule has 0 aromatic heterocycles. The topological polar surface area (TPSA) is 65.7 Å². The van der Waals surface area contributed by atoms with Crippen molar-refractivity contribution >= 4 is 12.1 Å². The van der Waals surface area contributed by atoms with Gasteiger partial charge >= 0.3 is 0 Å². The Morgan fingerprint density at radius 2 is 1.93 bits per heavy atom. The molecule has 0 saturated carbocycles. The second-order valence-electron chi connectivity index (χ2n) is 8.54. The van der Waals surface area contributed by atoms with E-state index in [4.69, 9.17) is 4.74 Å². The Labute approximate surface area is 166 Å². The zero-order chi connectivity index (χ0) is 19.7. The Hall–Kier alpha value is -2.87. The minimum Gasteiger partial charge on any atom is -0.442 e. The first-order valence-electron chi connectivity index (χ1n) is 9.90. The number of allylic oxidation sites excluding steroid dienone is 3. The van der Waals surface area contributed by atoms with Crippen molar-refractivity contribution in [1.82, 2.24) is 4.90 Å². The van der Waals surface area contributed by atoms with Crippen molar-refractivity contribution in [3.05, 3.63) is 58.7 Å². The molecular weight excluding hydrogens is 350 g/mol. The van der Waals surface area contributed by atoms with Gasteiger partial charge in [-0.2, -0.15) is 5.26 Å². The number of rotatable bonds is 3. The number of benzene rings is 1. The van der Waals surface area contributed by atoms with E-state index in [1.165, 1.54) is 0 Å². The van der Waals surface area contributed by atoms with E-state index in [-0.39, 0.29) is 11.2 Å². The number of aliphatic imine (C=N–C) groups is 1. The number of Topliss-reactive ketones (excluding diaryl/α,β-unsaturated/α-hetero) is 1. The molecule has 0 bridgehead atoms. The Morgan fingerprint density at radius 3 is 2.61 bits per heavy atom. The molecule has 4 rings (SSSR count). The van der Waals surface area contributed by atoms with Crippen LogP contribution in [0.2, 0.25) is 0 Å². The summed E-state index contributed by atoms with van der Waals surface area (Å²) in [4.78, 5) is 19.7. The lowest BCUT2D eigenvalue weighted by atomic mass is 9.70. The fourth-order valence-corrected chi connectivity index (χ4v) is 4.31. The molecule has 1 aromatic carbocycles. The zero-order valence-corrected chi connectivity index (χ0v) is 16.4. The third kappa shape index (κ3) is 3.47. The molecule has 28 heavy (non-hydrogen) atoms. The lowest BCUT2D eigenvalue weighted by Crippen LogP contribution is -2.32. The Kier molecular flexibility index (Phi) is 4.80. The van der Waals surface area contributed by atoms with Crippen LogP contribution < -0.4 is 0 Å². The van der Waals surface area contributed by atoms with E-state index in [1.54, 1.807) is 6.34 Å². The summed E-state index contributed by atoms with van der Waals surface area (Å²) in [6.45, 7) is 6.10. The molecule has 1 unspecified atom stereocenters. The maximum absolute atomic E-state index is 13.0. The van der Waals surface area contributed by atoms with Gasteiger partial charge in [-0.3, -0.25) is 4.79 Å². The SMILES string of the molecule is CC1(C)CC(=O)C2=C(C1)OC(/N=C/N1CCCC1)=C(C#N)C2c1ccccc1. The zero-order valence-electron chi connectivity index (χ0n) is 16.4. The van der Waals surface area contributed by atoms with Gasteiger partial charge in [0.2, 0.25) is 5.88 Å². The van der Waals surface area contributed by atoms with Crippen molar-refractivity contribution in [2.45, 2.75) is 45.4 Å². The molecule has 0 radical (unpaired) electrons. The summed E-state index contributed by atoms with van der Waals surface area (Å²) in [6, 6.07) is 12.0. The fraction of sp³-hybridized carbons (Fsp3) is 0.435. The summed E-state index contributed by atoms with van der Waals surface area (Å²) in [6.07, 6.45) is 5.22. The number of carbonyl (C=O) groups is 1. The van der Waals surface area contributed by atoms with Gasteiger partial charge in [0.15, 0.2) is 5.78 Å². The van der Waals surface area contributed by atoms with E-state index in [2.05, 4.69) is 29.8 Å². The number of ketones is 1. The summed E-state index contributed by atoms with van der Waals surface area (Å²) < 4.78 is 6.10. The maximum atomic E-state index is 13.0. The average Bonchev–Trinajstić information content (AvgIpc) is 3.18. The molecule has 0 N–H and O–H groups in total. The second kappa shape index (κ2) is 7.27. The van der Waals surface area contributed by atoms with Crippen LogP contribution >= 0.6 is 0 Å². The number of likely N-dealkylation sites (tertiary alicyclic amines) is 1. The molecule has 5 nitrogen and oxygen atoms in total. The third-order valence-corrected chi connectivity index (χ3v) is 5.64. The highest BCUT2D eigenvalue weighted by Crippen LogP contribution is 2.48. The highest BCUT2D eigenvalue weighted by Gasteiger charge is 2.43. The summed E-state index contributed by atoms with van der Waals surface area (Å²) in [5.74, 6) is 0.648. The van der Waals surface area contributed by atoms with Crippen LogP contribution in [0.4, 0.5) is 0 Å². The lowest BCUT2D eigenvalue weighted by molar-refractivity contribution is -0.119. The molecule has 144 valence electrons. The van der Waals surface area contributed by atoms with Crippen LogP contribution in [0.25, 0.3) is 0 Å². The molecule has 1 saturated heterocycles. The van der Waals surface area contributed by atoms with Gasteiger partial charge in [0, 0.05) is 31.5 Å². The molecule has 3 aliphatic rings. The number of carbonyl (C=O) groups excluding carboxylic acids is 1. The Morgan fingerprint density at radius 1 is 1.21 bits per heavy atom. The second-order valence-corrected chi connectivity index (χ2v) is 8.54. The van der Waals surface area contributed by atoms with Crippen LogP contribution in [-0.4, -0.2) is 30.1 Å². The largest absolute Gasteiger partial charge is 0.442 e. The van der Waals surface area contributed by atoms with Crippen LogP contribution in [0.15, 0.2) is 58.1 Å². The molecule has 2 aliphatic heterocycles. The van der Waals surface area contributed by atoms with Crippen molar-refractivity contribution in [2.75, 3.05) is 13.1 Å². The molecule has 2 heterocycles. The summed E-state index contributed by atoms with van der Waals surface area (Å²) >= 11 is 0. The van der Waals surface area contributed by atoms with Crippen LogP contribution in [0.3, 0.4) is 0 Å². The smallest absolute Gasteiger partial charge is 0.235 e. The number of nitrogens with zero attached hydrogens (tertiary/aromatic N) is 3. The van der Waals surface area contributed by atoms with E-state index in [0.29, 0.717) is 35.6 Å².